The SMILES string of the molecule is Cc1ccc(Cn2c(C(=O)O)c(CNC3CCC3)c3sccc32)cc1. The van der Waals surface area contributed by atoms with Gasteiger partial charge >= 0.3 is 5.97 Å². The Bertz CT molecular complexity index is 904. The number of thiophene rings is 1. The van der Waals surface area contributed by atoms with Crippen LogP contribution in [0, 0.1) is 6.92 Å². The third-order valence-corrected chi connectivity index (χ3v) is 6.07. The van der Waals surface area contributed by atoms with E-state index in [2.05, 4.69) is 41.9 Å². The van der Waals surface area contributed by atoms with Crippen molar-refractivity contribution in [3.05, 3.63) is 58.1 Å². The lowest BCUT2D eigenvalue weighted by Gasteiger charge is -2.26. The van der Waals surface area contributed by atoms with Crippen LogP contribution in [0.5, 0.6) is 0 Å². The average molecular weight is 354 g/mol. The molecule has 0 radical (unpaired) electrons. The molecule has 0 aliphatic heterocycles. The molecule has 3 aromatic rings. The first kappa shape index (κ1) is 16.4. The lowest BCUT2D eigenvalue weighted by atomic mass is 9.93. The Hall–Kier alpha value is -2.11. The first-order chi connectivity index (χ1) is 12.1. The van der Waals surface area contributed by atoms with Gasteiger partial charge in [0, 0.05) is 24.7 Å². The van der Waals surface area contributed by atoms with E-state index in [0.29, 0.717) is 24.8 Å². The van der Waals surface area contributed by atoms with E-state index in [9.17, 15) is 9.90 Å². The van der Waals surface area contributed by atoms with Gasteiger partial charge < -0.3 is 15.0 Å². The van der Waals surface area contributed by atoms with Crippen molar-refractivity contribution >= 4 is 27.5 Å². The first-order valence-electron chi connectivity index (χ1n) is 8.74. The second-order valence-electron chi connectivity index (χ2n) is 6.85. The van der Waals surface area contributed by atoms with E-state index in [-0.39, 0.29) is 0 Å². The molecule has 0 atom stereocenters. The van der Waals surface area contributed by atoms with E-state index < -0.39 is 5.97 Å². The molecule has 2 heterocycles. The van der Waals surface area contributed by atoms with Crippen LogP contribution in [0.2, 0.25) is 0 Å². The molecule has 2 aromatic heterocycles. The number of nitrogens with one attached hydrogen (secondary N) is 1. The van der Waals surface area contributed by atoms with Crippen molar-refractivity contribution in [2.24, 2.45) is 0 Å². The second-order valence-corrected chi connectivity index (χ2v) is 7.76. The van der Waals surface area contributed by atoms with Crippen molar-refractivity contribution in [2.45, 2.75) is 45.3 Å². The van der Waals surface area contributed by atoms with Gasteiger partial charge in [0.25, 0.3) is 0 Å². The molecule has 1 aromatic carbocycles. The molecule has 0 unspecified atom stereocenters. The Kier molecular flexibility index (Phi) is 4.36. The fourth-order valence-corrected chi connectivity index (χ4v) is 4.38. The number of fused-ring (bicyclic) bond motifs is 1. The molecule has 0 saturated heterocycles. The van der Waals surface area contributed by atoms with Gasteiger partial charge in [-0.15, -0.1) is 11.3 Å². The maximum Gasteiger partial charge on any atom is 0.352 e. The molecule has 5 heteroatoms. The van der Waals surface area contributed by atoms with Gasteiger partial charge in [-0.2, -0.15) is 0 Å². The van der Waals surface area contributed by atoms with Crippen molar-refractivity contribution in [1.82, 2.24) is 9.88 Å². The standard InChI is InChI=1S/C20H22N2O2S/c1-13-5-7-14(8-6-13)12-22-17-9-10-25-19(17)16(18(22)20(23)24)11-21-15-3-2-4-15/h5-10,15,21H,2-4,11-12H2,1H3,(H,23,24). The third kappa shape index (κ3) is 3.10. The second kappa shape index (κ2) is 6.65. The van der Waals surface area contributed by atoms with Crippen LogP contribution in [-0.4, -0.2) is 21.7 Å². The van der Waals surface area contributed by atoms with Gasteiger partial charge in [-0.3, -0.25) is 0 Å². The van der Waals surface area contributed by atoms with Crippen molar-refractivity contribution in [3.63, 3.8) is 0 Å². The molecule has 1 saturated carbocycles. The van der Waals surface area contributed by atoms with Crippen LogP contribution < -0.4 is 5.32 Å². The summed E-state index contributed by atoms with van der Waals surface area (Å²) in [7, 11) is 0. The summed E-state index contributed by atoms with van der Waals surface area (Å²) in [5.74, 6) is -0.846. The van der Waals surface area contributed by atoms with Gasteiger partial charge in [0.1, 0.15) is 5.69 Å². The summed E-state index contributed by atoms with van der Waals surface area (Å²) in [6.07, 6.45) is 3.66. The van der Waals surface area contributed by atoms with Crippen molar-refractivity contribution in [1.29, 1.82) is 0 Å². The maximum atomic E-state index is 12.0. The lowest BCUT2D eigenvalue weighted by Crippen LogP contribution is -2.34. The van der Waals surface area contributed by atoms with Crippen molar-refractivity contribution in [3.8, 4) is 0 Å². The van der Waals surface area contributed by atoms with E-state index in [1.54, 1.807) is 11.3 Å². The minimum Gasteiger partial charge on any atom is -0.477 e. The van der Waals surface area contributed by atoms with Crippen LogP contribution in [0.15, 0.2) is 35.7 Å². The number of aromatic nitrogens is 1. The Morgan fingerprint density at radius 2 is 2.04 bits per heavy atom. The van der Waals surface area contributed by atoms with Gasteiger partial charge in [-0.25, -0.2) is 4.79 Å². The molecule has 0 spiro atoms. The van der Waals surface area contributed by atoms with Crippen LogP contribution in [0.3, 0.4) is 0 Å². The zero-order valence-electron chi connectivity index (χ0n) is 14.3. The minimum absolute atomic E-state index is 0.425. The summed E-state index contributed by atoms with van der Waals surface area (Å²) in [6.45, 7) is 3.27. The summed E-state index contributed by atoms with van der Waals surface area (Å²) in [5.41, 5.74) is 4.70. The first-order valence-corrected chi connectivity index (χ1v) is 9.62. The Morgan fingerprint density at radius 3 is 2.68 bits per heavy atom. The van der Waals surface area contributed by atoms with Gasteiger partial charge in [-0.1, -0.05) is 36.2 Å². The van der Waals surface area contributed by atoms with Crippen LogP contribution in [0.25, 0.3) is 10.2 Å². The Labute approximate surface area is 151 Å². The van der Waals surface area contributed by atoms with E-state index in [0.717, 1.165) is 21.3 Å². The van der Waals surface area contributed by atoms with Crippen LogP contribution in [0.4, 0.5) is 0 Å². The number of hydrogen-bond acceptors (Lipinski definition) is 3. The minimum atomic E-state index is -0.846. The molecule has 0 amide bonds. The summed E-state index contributed by atoms with van der Waals surface area (Å²) >= 11 is 1.63. The topological polar surface area (TPSA) is 54.3 Å². The number of aryl methyl sites for hydroxylation is 1. The summed E-state index contributed by atoms with van der Waals surface area (Å²) < 4.78 is 3.05. The summed E-state index contributed by atoms with van der Waals surface area (Å²) in [6, 6.07) is 10.9. The van der Waals surface area contributed by atoms with Crippen LogP contribution in [0.1, 0.15) is 46.4 Å². The quantitative estimate of drug-likeness (QED) is 0.690. The molecule has 4 rings (SSSR count). The zero-order chi connectivity index (χ0) is 17.4. The fraction of sp³-hybridized carbons (Fsp3) is 0.350. The Morgan fingerprint density at radius 1 is 1.28 bits per heavy atom. The largest absolute Gasteiger partial charge is 0.477 e. The molecular formula is C20H22N2O2S. The maximum absolute atomic E-state index is 12.0. The van der Waals surface area contributed by atoms with Crippen molar-refractivity contribution < 1.29 is 9.90 Å². The molecular weight excluding hydrogens is 332 g/mol. The zero-order valence-corrected chi connectivity index (χ0v) is 15.1. The van der Waals surface area contributed by atoms with Crippen molar-refractivity contribution in [2.75, 3.05) is 0 Å². The number of carbonyl (C=O) groups is 1. The molecule has 1 aliphatic carbocycles. The number of carboxylic acids is 1. The smallest absolute Gasteiger partial charge is 0.352 e. The van der Waals surface area contributed by atoms with Crippen LogP contribution >= 0.6 is 11.3 Å². The summed E-state index contributed by atoms with van der Waals surface area (Å²) in [5, 5.41) is 15.5. The Balaban J connectivity index is 1.73. The highest BCUT2D eigenvalue weighted by Gasteiger charge is 2.25. The number of benzene rings is 1. The number of nitrogens with zero attached hydrogens (tertiary/aromatic N) is 1. The van der Waals surface area contributed by atoms with Gasteiger partial charge in [0.15, 0.2) is 0 Å². The molecule has 130 valence electrons. The summed E-state index contributed by atoms with van der Waals surface area (Å²) in [4.78, 5) is 12.0. The molecule has 1 fully saturated rings. The highest BCUT2D eigenvalue weighted by molar-refractivity contribution is 7.17. The molecule has 2 N–H and O–H groups in total. The number of hydrogen-bond donors (Lipinski definition) is 2. The average Bonchev–Trinajstić information content (AvgIpc) is 3.10. The van der Waals surface area contributed by atoms with E-state index in [4.69, 9.17) is 0 Å². The number of aromatic carboxylic acids is 1. The van der Waals surface area contributed by atoms with E-state index >= 15 is 0 Å². The van der Waals surface area contributed by atoms with E-state index in [1.165, 1.54) is 24.8 Å². The third-order valence-electron chi connectivity index (χ3n) is 5.10. The van der Waals surface area contributed by atoms with Crippen LogP contribution in [-0.2, 0) is 13.1 Å². The predicted molar refractivity (Wildman–Crippen MR) is 102 cm³/mol. The fourth-order valence-electron chi connectivity index (χ4n) is 3.44. The van der Waals surface area contributed by atoms with Gasteiger partial charge in [0.2, 0.25) is 0 Å². The monoisotopic (exact) mass is 354 g/mol. The predicted octanol–water partition coefficient (Wildman–Crippen LogP) is 4.40. The number of carboxylic acid groups (broad SMARTS) is 1. The highest BCUT2D eigenvalue weighted by atomic mass is 32.1. The highest BCUT2D eigenvalue weighted by Crippen LogP contribution is 2.32. The van der Waals surface area contributed by atoms with Gasteiger partial charge in [0.05, 0.1) is 10.2 Å². The molecule has 4 nitrogen and oxygen atoms in total. The normalized spacial score (nSPS) is 14.8. The number of rotatable bonds is 6. The van der Waals surface area contributed by atoms with Gasteiger partial charge in [-0.05, 0) is 36.8 Å². The van der Waals surface area contributed by atoms with E-state index in [1.807, 2.05) is 10.6 Å². The lowest BCUT2D eigenvalue weighted by molar-refractivity contribution is 0.0684. The molecule has 25 heavy (non-hydrogen) atoms. The molecule has 0 bridgehead atoms. The molecule has 1 aliphatic rings.